The van der Waals surface area contributed by atoms with Gasteiger partial charge in [0.15, 0.2) is 17.0 Å². The fourth-order valence-corrected chi connectivity index (χ4v) is 7.84. The summed E-state index contributed by atoms with van der Waals surface area (Å²) < 4.78 is 47.4. The molecule has 0 aliphatic heterocycles. The van der Waals surface area contributed by atoms with Crippen LogP contribution in [0.1, 0.15) is 54.7 Å². The van der Waals surface area contributed by atoms with Crippen LogP contribution in [0.2, 0.25) is 0 Å². The number of thiophene rings is 1. The summed E-state index contributed by atoms with van der Waals surface area (Å²) in [5.74, 6) is 0.361. The normalized spacial score (nSPS) is 27.8. The summed E-state index contributed by atoms with van der Waals surface area (Å²) in [5.41, 5.74) is -1.59. The van der Waals surface area contributed by atoms with Gasteiger partial charge in [-0.15, -0.1) is 11.3 Å². The van der Waals surface area contributed by atoms with Crippen molar-refractivity contribution in [3.63, 3.8) is 0 Å². The van der Waals surface area contributed by atoms with E-state index in [0.717, 1.165) is 44.6 Å². The number of nitrogens with zero attached hydrogens (tertiary/aromatic N) is 3. The lowest BCUT2D eigenvalue weighted by atomic mass is 9.47. The number of hydrogen-bond acceptors (Lipinski definition) is 6. The molecular formula is C25H25F3N4O3S. The van der Waals surface area contributed by atoms with Gasteiger partial charge in [0.05, 0.1) is 17.7 Å². The topological polar surface area (TPSA) is 85.6 Å². The van der Waals surface area contributed by atoms with Crippen molar-refractivity contribution in [3.8, 4) is 10.6 Å². The molecule has 1 amide bonds. The highest BCUT2D eigenvalue weighted by atomic mass is 32.1. The van der Waals surface area contributed by atoms with Gasteiger partial charge in [-0.2, -0.15) is 18.3 Å². The van der Waals surface area contributed by atoms with Gasteiger partial charge in [-0.3, -0.25) is 4.79 Å². The van der Waals surface area contributed by atoms with E-state index in [1.807, 2.05) is 0 Å². The molecule has 1 N–H and O–H groups in total. The van der Waals surface area contributed by atoms with Crippen molar-refractivity contribution < 1.29 is 27.5 Å². The number of carbonyl (C=O) groups is 2. The SMILES string of the molecule is COC(=O)[C@H](NC(=O)c1cc2nc(-c3cccs3)cc(C(F)(F)F)n2n1)C12CC3CC(CC(C3)C1)C2. The molecule has 1 atom stereocenters. The van der Waals surface area contributed by atoms with Crippen LogP contribution in [0.4, 0.5) is 13.2 Å². The minimum absolute atomic E-state index is 0.0946. The summed E-state index contributed by atoms with van der Waals surface area (Å²) in [6.07, 6.45) is 1.29. The lowest BCUT2D eigenvalue weighted by molar-refractivity contribution is -0.154. The summed E-state index contributed by atoms with van der Waals surface area (Å²) in [6, 6.07) is 4.70. The van der Waals surface area contributed by atoms with E-state index in [1.54, 1.807) is 17.5 Å². The van der Waals surface area contributed by atoms with Crippen molar-refractivity contribution in [2.24, 2.45) is 23.2 Å². The molecule has 0 radical (unpaired) electrons. The Labute approximate surface area is 209 Å². The van der Waals surface area contributed by atoms with Crippen molar-refractivity contribution in [3.05, 3.63) is 41.0 Å². The highest BCUT2D eigenvalue weighted by Crippen LogP contribution is 2.61. The van der Waals surface area contributed by atoms with Crippen LogP contribution in [0.25, 0.3) is 16.2 Å². The number of alkyl halides is 3. The smallest absolute Gasteiger partial charge is 0.433 e. The number of amides is 1. The van der Waals surface area contributed by atoms with Crippen LogP contribution in [0.3, 0.4) is 0 Å². The van der Waals surface area contributed by atoms with E-state index in [2.05, 4.69) is 15.4 Å². The molecule has 0 spiro atoms. The molecule has 190 valence electrons. The number of nitrogens with one attached hydrogen (secondary N) is 1. The van der Waals surface area contributed by atoms with Crippen molar-refractivity contribution >= 4 is 28.9 Å². The first-order valence-electron chi connectivity index (χ1n) is 12.1. The molecule has 0 unspecified atom stereocenters. The number of fused-ring (bicyclic) bond motifs is 1. The first-order valence-corrected chi connectivity index (χ1v) is 12.9. The van der Waals surface area contributed by atoms with E-state index in [-0.39, 0.29) is 17.0 Å². The molecule has 0 saturated heterocycles. The van der Waals surface area contributed by atoms with Gasteiger partial charge in [0.1, 0.15) is 6.04 Å². The Morgan fingerprint density at radius 2 is 1.83 bits per heavy atom. The molecular weight excluding hydrogens is 493 g/mol. The third-order valence-corrected chi connectivity index (χ3v) is 9.03. The van der Waals surface area contributed by atoms with Gasteiger partial charge in [0, 0.05) is 11.5 Å². The van der Waals surface area contributed by atoms with Gasteiger partial charge in [0.2, 0.25) is 0 Å². The molecule has 7 rings (SSSR count). The maximum Gasteiger partial charge on any atom is 0.433 e. The maximum absolute atomic E-state index is 13.9. The Morgan fingerprint density at radius 1 is 1.17 bits per heavy atom. The van der Waals surface area contributed by atoms with Gasteiger partial charge in [0.25, 0.3) is 5.91 Å². The van der Waals surface area contributed by atoms with Crippen molar-refractivity contribution in [2.45, 2.75) is 50.7 Å². The summed E-state index contributed by atoms with van der Waals surface area (Å²) in [6.45, 7) is 0. The van der Waals surface area contributed by atoms with E-state index in [1.165, 1.54) is 24.5 Å². The predicted molar refractivity (Wildman–Crippen MR) is 125 cm³/mol. The Balaban J connectivity index is 1.35. The van der Waals surface area contributed by atoms with Crippen LogP contribution in [-0.2, 0) is 15.7 Å². The molecule has 4 bridgehead atoms. The Kier molecular flexibility index (Phi) is 5.40. The van der Waals surface area contributed by atoms with Crippen molar-refractivity contribution in [2.75, 3.05) is 7.11 Å². The first-order chi connectivity index (χ1) is 17.1. The average Bonchev–Trinajstić information content (AvgIpc) is 3.49. The number of aromatic nitrogens is 3. The molecule has 3 heterocycles. The molecule has 4 fully saturated rings. The van der Waals surface area contributed by atoms with Crippen molar-refractivity contribution in [1.82, 2.24) is 19.9 Å². The van der Waals surface area contributed by atoms with Crippen LogP contribution < -0.4 is 5.32 Å². The second-order valence-electron chi connectivity index (χ2n) is 10.5. The maximum atomic E-state index is 13.9. The van der Waals surface area contributed by atoms with E-state index in [4.69, 9.17) is 4.74 Å². The Morgan fingerprint density at radius 3 is 2.39 bits per heavy atom. The number of carbonyl (C=O) groups excluding carboxylic acids is 2. The standard InChI is InChI=1S/C25H25F3N4O3S/c1-35-23(34)21(24-10-13-5-14(11-24)7-15(6-13)12-24)30-22(33)17-9-20-29-16(18-3-2-4-36-18)8-19(25(26,27)28)32(20)31-17/h2-4,8-9,13-15,21H,5-7,10-12H2,1H3,(H,30,33)/t13?,14?,15?,21-,24?/m0/s1. The molecule has 4 saturated carbocycles. The zero-order chi connectivity index (χ0) is 25.2. The van der Waals surface area contributed by atoms with E-state index in [9.17, 15) is 22.8 Å². The van der Waals surface area contributed by atoms with Gasteiger partial charge in [-0.05, 0) is 73.8 Å². The number of ether oxygens (including phenoxy) is 1. The summed E-state index contributed by atoms with van der Waals surface area (Å²) in [7, 11) is 1.29. The third kappa shape index (κ3) is 3.88. The molecule has 36 heavy (non-hydrogen) atoms. The van der Waals surface area contributed by atoms with Crippen LogP contribution >= 0.6 is 11.3 Å². The minimum Gasteiger partial charge on any atom is -0.467 e. The third-order valence-electron chi connectivity index (χ3n) is 8.13. The molecule has 0 aromatic carbocycles. The second-order valence-corrected chi connectivity index (χ2v) is 11.5. The van der Waals surface area contributed by atoms with E-state index >= 15 is 0 Å². The highest BCUT2D eigenvalue weighted by Gasteiger charge is 2.57. The number of hydrogen-bond donors (Lipinski definition) is 1. The zero-order valence-electron chi connectivity index (χ0n) is 19.5. The first kappa shape index (κ1) is 23.4. The van der Waals surface area contributed by atoms with E-state index in [0.29, 0.717) is 27.1 Å². The van der Waals surface area contributed by atoms with Crippen LogP contribution in [-0.4, -0.2) is 39.6 Å². The Bertz CT molecular complexity index is 1300. The summed E-state index contributed by atoms with van der Waals surface area (Å²) in [4.78, 5) is 31.1. The van der Waals surface area contributed by atoms with Crippen LogP contribution in [0.15, 0.2) is 29.6 Å². The molecule has 3 aromatic rings. The van der Waals surface area contributed by atoms with Gasteiger partial charge >= 0.3 is 12.1 Å². The lowest BCUT2D eigenvalue weighted by Gasteiger charge is -2.58. The van der Waals surface area contributed by atoms with Crippen LogP contribution in [0.5, 0.6) is 0 Å². The number of rotatable bonds is 5. The average molecular weight is 519 g/mol. The van der Waals surface area contributed by atoms with Gasteiger partial charge < -0.3 is 10.1 Å². The fraction of sp³-hybridized carbons (Fsp3) is 0.520. The molecule has 3 aromatic heterocycles. The number of halogens is 3. The predicted octanol–water partition coefficient (Wildman–Crippen LogP) is 4.96. The van der Waals surface area contributed by atoms with Crippen molar-refractivity contribution in [1.29, 1.82) is 0 Å². The summed E-state index contributed by atoms with van der Waals surface area (Å²) in [5, 5.41) is 8.52. The van der Waals surface area contributed by atoms with Crippen LogP contribution in [0, 0.1) is 23.2 Å². The quantitative estimate of drug-likeness (QED) is 0.483. The Hall–Kier alpha value is -2.95. The molecule has 7 nitrogen and oxygen atoms in total. The largest absolute Gasteiger partial charge is 0.467 e. The second kappa shape index (κ2) is 8.29. The summed E-state index contributed by atoms with van der Waals surface area (Å²) >= 11 is 1.27. The van der Waals surface area contributed by atoms with Gasteiger partial charge in [-0.25, -0.2) is 14.3 Å². The fourth-order valence-electron chi connectivity index (χ4n) is 7.15. The highest BCUT2D eigenvalue weighted by molar-refractivity contribution is 7.13. The minimum atomic E-state index is -4.71. The molecule has 4 aliphatic carbocycles. The molecule has 4 aliphatic rings. The molecule has 11 heteroatoms. The zero-order valence-corrected chi connectivity index (χ0v) is 20.4. The lowest BCUT2D eigenvalue weighted by Crippen LogP contribution is -2.60. The van der Waals surface area contributed by atoms with Gasteiger partial charge in [-0.1, -0.05) is 6.07 Å². The number of esters is 1. The number of methoxy groups -OCH3 is 1. The van der Waals surface area contributed by atoms with E-state index < -0.39 is 35.2 Å². The monoisotopic (exact) mass is 518 g/mol.